The molecule has 2 aromatic carbocycles. The Morgan fingerprint density at radius 2 is 1.79 bits per heavy atom. The summed E-state index contributed by atoms with van der Waals surface area (Å²) < 4.78 is 22.3. The quantitative estimate of drug-likeness (QED) is 0.134. The molecule has 0 saturated carbocycles. The Bertz CT molecular complexity index is 1570. The standard InChI is InChI=1S/C23H34N2O2.C17H21NO2S/c1-8-11-12-19(18-13-14-20(26-6)21(15-18)27-7)22(17(5)25-10-3)23(24)16(4)9-2;1-12-8-9-15(19-12)10-21-11-16-13(2)18-20-17(16)14-6-4-3-5-7-14/h10,12-15H,8-9,11,24H2,1-7H3;3-7,12,15H,8-11H2,1-2H3/b19-12-,22-17-,23-16-,25-10?;. The molecule has 4 rings (SSSR count). The number of ether oxygens (including phenoxy) is 3. The Labute approximate surface area is 292 Å². The Balaban J connectivity index is 0.000000267. The van der Waals surface area contributed by atoms with Crippen LogP contribution < -0.4 is 15.2 Å². The second kappa shape index (κ2) is 19.9. The van der Waals surface area contributed by atoms with Crippen molar-refractivity contribution in [2.24, 2.45) is 10.7 Å². The van der Waals surface area contributed by atoms with E-state index in [0.717, 1.165) is 81.5 Å². The molecule has 1 aromatic heterocycles. The number of rotatable bonds is 14. The minimum absolute atomic E-state index is 0.408. The van der Waals surface area contributed by atoms with Crippen molar-refractivity contribution in [3.8, 4) is 22.8 Å². The first-order chi connectivity index (χ1) is 23.2. The SMILES string of the molecule is CC=N/C(C)=C(C(=C\CCC)/c1ccc(OC)c(OC)c1)\C(N)=C(/C)CC.Cc1noc(-c2ccccc2)c1CSCC1CCC(C)O1. The number of nitrogens with zero attached hydrogens (tertiary/aromatic N) is 2. The molecular weight excluding hydrogens is 619 g/mol. The van der Waals surface area contributed by atoms with Crippen LogP contribution in [0.3, 0.4) is 0 Å². The largest absolute Gasteiger partial charge is 0.493 e. The van der Waals surface area contributed by atoms with Gasteiger partial charge in [0.1, 0.15) is 0 Å². The van der Waals surface area contributed by atoms with Crippen molar-refractivity contribution < 1.29 is 18.7 Å². The molecule has 8 heteroatoms. The number of allylic oxidation sites excluding steroid dienone is 4. The van der Waals surface area contributed by atoms with Gasteiger partial charge in [0.05, 0.1) is 32.1 Å². The van der Waals surface area contributed by atoms with E-state index in [4.69, 9.17) is 24.5 Å². The number of benzene rings is 2. The molecule has 1 saturated heterocycles. The zero-order valence-corrected chi connectivity index (χ0v) is 31.2. The third-order valence-electron chi connectivity index (χ3n) is 8.44. The fraction of sp³-hybridized carbons (Fsp3) is 0.450. The molecule has 3 aromatic rings. The Hall–Kier alpha value is -3.75. The average Bonchev–Trinajstić information content (AvgIpc) is 3.70. The van der Waals surface area contributed by atoms with E-state index in [0.29, 0.717) is 23.7 Å². The van der Waals surface area contributed by atoms with Crippen molar-refractivity contribution in [3.05, 3.63) is 94.0 Å². The summed E-state index contributed by atoms with van der Waals surface area (Å²) in [6.07, 6.45) is 10.1. The van der Waals surface area contributed by atoms with Crippen LogP contribution in [0.1, 0.15) is 90.5 Å². The van der Waals surface area contributed by atoms with Crippen LogP contribution in [0.25, 0.3) is 16.9 Å². The molecule has 0 radical (unpaired) electrons. The molecule has 2 N–H and O–H groups in total. The van der Waals surface area contributed by atoms with Crippen LogP contribution in [0, 0.1) is 6.92 Å². The highest BCUT2D eigenvalue weighted by Gasteiger charge is 2.22. The van der Waals surface area contributed by atoms with Gasteiger partial charge in [-0.3, -0.25) is 4.99 Å². The van der Waals surface area contributed by atoms with E-state index >= 15 is 0 Å². The third-order valence-corrected chi connectivity index (χ3v) is 9.54. The fourth-order valence-corrected chi connectivity index (χ4v) is 6.70. The summed E-state index contributed by atoms with van der Waals surface area (Å²) in [5.74, 6) is 4.28. The first-order valence-corrected chi connectivity index (χ1v) is 18.2. The molecule has 2 heterocycles. The van der Waals surface area contributed by atoms with E-state index in [-0.39, 0.29) is 0 Å². The smallest absolute Gasteiger partial charge is 0.171 e. The van der Waals surface area contributed by atoms with E-state index in [1.54, 1.807) is 20.4 Å². The first-order valence-electron chi connectivity index (χ1n) is 17.0. The summed E-state index contributed by atoms with van der Waals surface area (Å²) >= 11 is 1.91. The van der Waals surface area contributed by atoms with Crippen LogP contribution in [0.2, 0.25) is 0 Å². The predicted molar refractivity (Wildman–Crippen MR) is 203 cm³/mol. The maximum Gasteiger partial charge on any atom is 0.171 e. The number of aliphatic imine (C=N–C) groups is 1. The van der Waals surface area contributed by atoms with Crippen molar-refractivity contribution in [3.63, 3.8) is 0 Å². The highest BCUT2D eigenvalue weighted by molar-refractivity contribution is 7.98. The number of hydrogen-bond acceptors (Lipinski definition) is 8. The molecule has 48 heavy (non-hydrogen) atoms. The summed E-state index contributed by atoms with van der Waals surface area (Å²) in [5.41, 5.74) is 15.8. The van der Waals surface area contributed by atoms with Crippen LogP contribution in [-0.2, 0) is 10.5 Å². The molecule has 0 aliphatic carbocycles. The highest BCUT2D eigenvalue weighted by atomic mass is 32.2. The number of nitrogens with two attached hydrogens (primary N) is 1. The van der Waals surface area contributed by atoms with Gasteiger partial charge in [0, 0.05) is 45.8 Å². The van der Waals surface area contributed by atoms with Crippen molar-refractivity contribution >= 4 is 23.5 Å². The number of thioether (sulfide) groups is 1. The van der Waals surface area contributed by atoms with Crippen LogP contribution in [0.4, 0.5) is 0 Å². The van der Waals surface area contributed by atoms with Gasteiger partial charge in [-0.15, -0.1) is 0 Å². The molecule has 0 spiro atoms. The monoisotopic (exact) mass is 673 g/mol. The lowest BCUT2D eigenvalue weighted by atomic mass is 9.90. The summed E-state index contributed by atoms with van der Waals surface area (Å²) in [4.78, 5) is 4.54. The molecule has 7 nitrogen and oxygen atoms in total. The van der Waals surface area contributed by atoms with Crippen molar-refractivity contribution in [1.29, 1.82) is 0 Å². The van der Waals surface area contributed by atoms with Gasteiger partial charge in [-0.25, -0.2) is 0 Å². The highest BCUT2D eigenvalue weighted by Crippen LogP contribution is 2.37. The zero-order chi connectivity index (χ0) is 35.1. The Morgan fingerprint density at radius 1 is 1.06 bits per heavy atom. The van der Waals surface area contributed by atoms with Crippen molar-refractivity contribution in [2.75, 3.05) is 20.0 Å². The fourth-order valence-electron chi connectivity index (χ4n) is 5.53. The lowest BCUT2D eigenvalue weighted by Crippen LogP contribution is -2.11. The normalized spacial score (nSPS) is 17.5. The first kappa shape index (κ1) is 38.7. The second-order valence-electron chi connectivity index (χ2n) is 12.0. The van der Waals surface area contributed by atoms with Crippen molar-refractivity contribution in [1.82, 2.24) is 5.16 Å². The van der Waals surface area contributed by atoms with E-state index in [1.807, 2.05) is 68.9 Å². The third kappa shape index (κ3) is 10.6. The van der Waals surface area contributed by atoms with Crippen LogP contribution in [0.15, 0.2) is 86.7 Å². The van der Waals surface area contributed by atoms with E-state index < -0.39 is 0 Å². The number of unbranched alkanes of at least 4 members (excludes halogenated alkanes) is 1. The van der Waals surface area contributed by atoms with Gasteiger partial charge < -0.3 is 24.5 Å². The molecule has 1 aliphatic heterocycles. The van der Waals surface area contributed by atoms with Gasteiger partial charge in [0.15, 0.2) is 17.3 Å². The maximum absolute atomic E-state index is 6.59. The number of aromatic nitrogens is 1. The van der Waals surface area contributed by atoms with Gasteiger partial charge in [-0.05, 0) is 89.1 Å². The minimum atomic E-state index is 0.408. The molecular formula is C40H55N3O4S. The lowest BCUT2D eigenvalue weighted by Gasteiger charge is -2.19. The Morgan fingerprint density at radius 3 is 2.40 bits per heavy atom. The van der Waals surface area contributed by atoms with Gasteiger partial charge in [0.25, 0.3) is 0 Å². The summed E-state index contributed by atoms with van der Waals surface area (Å²) in [6, 6.07) is 16.2. The number of methoxy groups -OCH3 is 2. The van der Waals surface area contributed by atoms with Crippen LogP contribution >= 0.6 is 11.8 Å². The molecule has 2 unspecified atom stereocenters. The second-order valence-corrected chi connectivity index (χ2v) is 13.0. The molecule has 1 fully saturated rings. The predicted octanol–water partition coefficient (Wildman–Crippen LogP) is 10.3. The van der Waals surface area contributed by atoms with Crippen LogP contribution in [-0.4, -0.2) is 43.6 Å². The summed E-state index contributed by atoms with van der Waals surface area (Å²) in [5, 5.41) is 4.14. The number of aryl methyl sites for hydroxylation is 1. The van der Waals surface area contributed by atoms with Gasteiger partial charge in [-0.1, -0.05) is 67.9 Å². The van der Waals surface area contributed by atoms with Gasteiger partial charge >= 0.3 is 0 Å². The summed E-state index contributed by atoms with van der Waals surface area (Å²) in [7, 11) is 3.29. The maximum atomic E-state index is 6.59. The topological polar surface area (TPSA) is 92.1 Å². The molecule has 0 bridgehead atoms. The molecule has 1 aliphatic rings. The lowest BCUT2D eigenvalue weighted by molar-refractivity contribution is 0.0700. The molecule has 2 atom stereocenters. The number of hydrogen-bond donors (Lipinski definition) is 1. The van der Waals surface area contributed by atoms with E-state index in [9.17, 15) is 0 Å². The molecule has 260 valence electrons. The summed E-state index contributed by atoms with van der Waals surface area (Å²) in [6.45, 7) is 14.4. The van der Waals surface area contributed by atoms with E-state index in [1.165, 1.54) is 18.4 Å². The van der Waals surface area contributed by atoms with E-state index in [2.05, 4.69) is 56.1 Å². The van der Waals surface area contributed by atoms with Crippen molar-refractivity contribution in [2.45, 2.75) is 98.5 Å². The average molecular weight is 674 g/mol. The van der Waals surface area contributed by atoms with Gasteiger partial charge in [-0.2, -0.15) is 11.8 Å². The zero-order valence-electron chi connectivity index (χ0n) is 30.4. The minimum Gasteiger partial charge on any atom is -0.493 e. The Kier molecular flexibility index (Phi) is 16.1. The van der Waals surface area contributed by atoms with Gasteiger partial charge in [0.2, 0.25) is 0 Å². The molecule has 0 amide bonds. The van der Waals surface area contributed by atoms with Crippen LogP contribution in [0.5, 0.6) is 11.5 Å².